The van der Waals surface area contributed by atoms with E-state index in [0.717, 1.165) is 38.4 Å². The summed E-state index contributed by atoms with van der Waals surface area (Å²) in [5.41, 5.74) is 1.93. The Hall–Kier alpha value is -1.97. The van der Waals surface area contributed by atoms with Crippen LogP contribution in [-0.4, -0.2) is 46.4 Å². The zero-order valence-corrected chi connectivity index (χ0v) is 18.2. The van der Waals surface area contributed by atoms with Crippen LogP contribution in [0.5, 0.6) is 5.75 Å². The quantitative estimate of drug-likeness (QED) is 0.528. The summed E-state index contributed by atoms with van der Waals surface area (Å²) in [5, 5.41) is 10.0. The first-order chi connectivity index (χ1) is 13.4. The molecular weight excluding hydrogens is 416 g/mol. The average molecular weight is 437 g/mol. The number of carboxylic acid groups (broad SMARTS) is 1. The summed E-state index contributed by atoms with van der Waals surface area (Å²) in [4.78, 5) is 28.7. The zero-order valence-electron chi connectivity index (χ0n) is 15.7. The molecule has 28 heavy (non-hydrogen) atoms. The molecular formula is C19H20N2O4S3. The van der Waals surface area contributed by atoms with Crippen molar-refractivity contribution in [1.29, 1.82) is 0 Å². The molecule has 0 saturated carbocycles. The fourth-order valence-corrected chi connectivity index (χ4v) is 5.52. The molecule has 2 heterocycles. The molecule has 2 aliphatic heterocycles. The SMILES string of the molecule is CCC(/C=C1\Sc2ccc(OC)cc2N1CC)=C1\SC(=S)N(CC(=O)O)C1=O. The second-order valence-electron chi connectivity index (χ2n) is 6.02. The van der Waals surface area contributed by atoms with E-state index in [0.29, 0.717) is 11.3 Å². The highest BCUT2D eigenvalue weighted by Gasteiger charge is 2.35. The maximum Gasteiger partial charge on any atom is 0.323 e. The maximum atomic E-state index is 12.7. The number of allylic oxidation sites excluding steroid dienone is 2. The summed E-state index contributed by atoms with van der Waals surface area (Å²) >= 11 is 8.02. The molecule has 0 bridgehead atoms. The van der Waals surface area contributed by atoms with Gasteiger partial charge in [-0.3, -0.25) is 14.5 Å². The van der Waals surface area contributed by atoms with Crippen molar-refractivity contribution in [2.24, 2.45) is 0 Å². The molecule has 0 radical (unpaired) electrons. The van der Waals surface area contributed by atoms with E-state index in [1.807, 2.05) is 31.2 Å². The van der Waals surface area contributed by atoms with Gasteiger partial charge in [-0.2, -0.15) is 0 Å². The first-order valence-corrected chi connectivity index (χ1v) is 10.8. The minimum atomic E-state index is -1.08. The number of ether oxygens (including phenoxy) is 1. The van der Waals surface area contributed by atoms with E-state index in [4.69, 9.17) is 22.1 Å². The normalized spacial score (nSPS) is 19.5. The van der Waals surface area contributed by atoms with Crippen LogP contribution in [-0.2, 0) is 9.59 Å². The molecule has 1 aromatic carbocycles. The Labute approximate surface area is 177 Å². The molecule has 6 nitrogen and oxygen atoms in total. The third-order valence-corrected chi connectivity index (χ3v) is 6.99. The number of anilines is 1. The fourth-order valence-electron chi connectivity index (χ4n) is 2.98. The van der Waals surface area contributed by atoms with Gasteiger partial charge >= 0.3 is 5.97 Å². The Morgan fingerprint density at radius 1 is 1.29 bits per heavy atom. The van der Waals surface area contributed by atoms with Gasteiger partial charge in [0.1, 0.15) is 16.6 Å². The molecule has 3 rings (SSSR count). The highest BCUT2D eigenvalue weighted by molar-refractivity contribution is 8.26. The molecule has 1 amide bonds. The standard InChI is InChI=1S/C19H20N2O4S3/c1-4-11(17-18(24)21(10-16(22)23)19(26)28-17)8-15-20(5-2)13-9-12(25-3)6-7-14(13)27-15/h6-9H,4-5,10H2,1-3H3,(H,22,23)/b15-8-,17-11+. The molecule has 1 N–H and O–H groups in total. The van der Waals surface area contributed by atoms with Crippen molar-refractivity contribution in [2.75, 3.05) is 25.1 Å². The second kappa shape index (κ2) is 8.59. The first kappa shape index (κ1) is 20.8. The minimum Gasteiger partial charge on any atom is -0.497 e. The number of hydrogen-bond donors (Lipinski definition) is 1. The molecule has 0 unspecified atom stereocenters. The summed E-state index contributed by atoms with van der Waals surface area (Å²) in [6.45, 7) is 4.40. The number of rotatable bonds is 6. The van der Waals surface area contributed by atoms with Crippen LogP contribution in [0.4, 0.5) is 5.69 Å². The summed E-state index contributed by atoms with van der Waals surface area (Å²) in [6, 6.07) is 5.96. The number of carbonyl (C=O) groups is 2. The van der Waals surface area contributed by atoms with Gasteiger partial charge < -0.3 is 14.7 Å². The van der Waals surface area contributed by atoms with Gasteiger partial charge in [0.2, 0.25) is 0 Å². The molecule has 0 atom stereocenters. The molecule has 1 saturated heterocycles. The lowest BCUT2D eigenvalue weighted by molar-refractivity contribution is -0.140. The Bertz CT molecular complexity index is 910. The van der Waals surface area contributed by atoms with Gasteiger partial charge in [0.15, 0.2) is 0 Å². The number of nitrogens with zero attached hydrogens (tertiary/aromatic N) is 2. The number of thiocarbonyl (C=S) groups is 1. The number of hydrogen-bond acceptors (Lipinski definition) is 7. The number of carbonyl (C=O) groups excluding carboxylic acids is 1. The summed E-state index contributed by atoms with van der Waals surface area (Å²) in [5.74, 6) is -0.623. The molecule has 2 aliphatic rings. The van der Waals surface area contributed by atoms with Gasteiger partial charge in [-0.1, -0.05) is 42.7 Å². The van der Waals surface area contributed by atoms with Crippen LogP contribution in [0.1, 0.15) is 20.3 Å². The van der Waals surface area contributed by atoms with E-state index >= 15 is 0 Å². The van der Waals surface area contributed by atoms with E-state index in [2.05, 4.69) is 11.8 Å². The third kappa shape index (κ3) is 3.92. The predicted molar refractivity (Wildman–Crippen MR) is 117 cm³/mol. The molecule has 0 aromatic heterocycles. The van der Waals surface area contributed by atoms with E-state index in [-0.39, 0.29) is 10.2 Å². The van der Waals surface area contributed by atoms with Crippen LogP contribution < -0.4 is 9.64 Å². The van der Waals surface area contributed by atoms with Crippen molar-refractivity contribution >= 4 is 57.6 Å². The van der Waals surface area contributed by atoms with Gasteiger partial charge in [0.05, 0.1) is 22.7 Å². The van der Waals surface area contributed by atoms with Crippen LogP contribution in [0.2, 0.25) is 0 Å². The highest BCUT2D eigenvalue weighted by Crippen LogP contribution is 2.48. The molecule has 1 fully saturated rings. The largest absolute Gasteiger partial charge is 0.497 e. The summed E-state index contributed by atoms with van der Waals surface area (Å²) in [6.07, 6.45) is 2.65. The number of amides is 1. The Morgan fingerprint density at radius 3 is 2.64 bits per heavy atom. The predicted octanol–water partition coefficient (Wildman–Crippen LogP) is 4.08. The fraction of sp³-hybridized carbons (Fsp3) is 0.316. The maximum absolute atomic E-state index is 12.7. The lowest BCUT2D eigenvalue weighted by atomic mass is 10.1. The topological polar surface area (TPSA) is 70.1 Å². The van der Waals surface area contributed by atoms with Gasteiger partial charge in [0.25, 0.3) is 5.91 Å². The van der Waals surface area contributed by atoms with Crippen LogP contribution in [0.3, 0.4) is 0 Å². The number of thioether (sulfide) groups is 2. The van der Waals surface area contributed by atoms with Crippen LogP contribution in [0.15, 0.2) is 44.7 Å². The van der Waals surface area contributed by atoms with Crippen molar-refractivity contribution in [2.45, 2.75) is 25.2 Å². The lowest BCUT2D eigenvalue weighted by Crippen LogP contribution is -2.33. The minimum absolute atomic E-state index is 0.284. The van der Waals surface area contributed by atoms with Gasteiger partial charge in [0, 0.05) is 17.5 Å². The molecule has 148 valence electrons. The monoisotopic (exact) mass is 436 g/mol. The van der Waals surface area contributed by atoms with E-state index < -0.39 is 12.5 Å². The van der Waals surface area contributed by atoms with Gasteiger partial charge in [-0.25, -0.2) is 0 Å². The Morgan fingerprint density at radius 2 is 2.04 bits per heavy atom. The average Bonchev–Trinajstić information content (AvgIpc) is 3.16. The van der Waals surface area contributed by atoms with Crippen molar-refractivity contribution in [1.82, 2.24) is 4.90 Å². The van der Waals surface area contributed by atoms with E-state index in [9.17, 15) is 9.59 Å². The first-order valence-electron chi connectivity index (χ1n) is 8.73. The molecule has 1 aromatic rings. The van der Waals surface area contributed by atoms with E-state index in [1.165, 1.54) is 11.8 Å². The zero-order chi connectivity index (χ0) is 20.4. The van der Waals surface area contributed by atoms with E-state index in [1.54, 1.807) is 18.9 Å². The van der Waals surface area contributed by atoms with Gasteiger partial charge in [-0.15, -0.1) is 0 Å². The van der Waals surface area contributed by atoms with Crippen LogP contribution in [0, 0.1) is 0 Å². The van der Waals surface area contributed by atoms with Crippen molar-refractivity contribution in [3.63, 3.8) is 0 Å². The number of fused-ring (bicyclic) bond motifs is 1. The molecule has 0 spiro atoms. The third-order valence-electron chi connectivity index (χ3n) is 4.37. The summed E-state index contributed by atoms with van der Waals surface area (Å²) in [7, 11) is 1.64. The molecule has 9 heteroatoms. The Kier molecular flexibility index (Phi) is 6.36. The van der Waals surface area contributed by atoms with Crippen molar-refractivity contribution < 1.29 is 19.4 Å². The number of aliphatic carboxylic acids is 1. The van der Waals surface area contributed by atoms with Crippen LogP contribution >= 0.6 is 35.7 Å². The number of methoxy groups -OCH3 is 1. The van der Waals surface area contributed by atoms with Crippen LogP contribution in [0.25, 0.3) is 0 Å². The molecule has 0 aliphatic carbocycles. The van der Waals surface area contributed by atoms with Crippen molar-refractivity contribution in [3.05, 3.63) is 39.8 Å². The number of benzene rings is 1. The highest BCUT2D eigenvalue weighted by atomic mass is 32.2. The van der Waals surface area contributed by atoms with Crippen molar-refractivity contribution in [3.8, 4) is 5.75 Å². The lowest BCUT2D eigenvalue weighted by Gasteiger charge is -2.19. The number of carboxylic acids is 1. The summed E-state index contributed by atoms with van der Waals surface area (Å²) < 4.78 is 5.62. The van der Waals surface area contributed by atoms with Gasteiger partial charge in [-0.05, 0) is 37.1 Å². The Balaban J connectivity index is 1.97. The smallest absolute Gasteiger partial charge is 0.323 e. The second-order valence-corrected chi connectivity index (χ2v) is 8.73.